The molecule has 1 heterocycles. The van der Waals surface area contributed by atoms with Crippen molar-refractivity contribution in [3.8, 4) is 22.9 Å². The van der Waals surface area contributed by atoms with Crippen molar-refractivity contribution in [2.75, 3.05) is 14.1 Å². The molecule has 124 valence electrons. The Hall–Kier alpha value is -2.58. The highest BCUT2D eigenvalue weighted by molar-refractivity contribution is 7.89. The van der Waals surface area contributed by atoms with Gasteiger partial charge in [-0.3, -0.25) is 0 Å². The van der Waals surface area contributed by atoms with Gasteiger partial charge in [-0.05, 0) is 30.3 Å². The predicted octanol–water partition coefficient (Wildman–Crippen LogP) is 2.79. The largest absolute Gasteiger partial charge is 0.416 e. The number of nitrogens with zero attached hydrogens (tertiary/aromatic N) is 3. The molecule has 6 nitrogen and oxygen atoms in total. The fourth-order valence-corrected chi connectivity index (χ4v) is 3.05. The summed E-state index contributed by atoms with van der Waals surface area (Å²) < 4.78 is 44.8. The summed E-state index contributed by atoms with van der Waals surface area (Å²) in [6.07, 6.45) is 0. The molecule has 0 fully saturated rings. The van der Waals surface area contributed by atoms with Gasteiger partial charge >= 0.3 is 0 Å². The van der Waals surface area contributed by atoms with Crippen molar-refractivity contribution in [3.05, 3.63) is 54.3 Å². The third kappa shape index (κ3) is 2.93. The first-order valence-corrected chi connectivity index (χ1v) is 8.45. The van der Waals surface area contributed by atoms with Crippen LogP contribution in [0.15, 0.2) is 57.8 Å². The molecule has 0 aliphatic rings. The Morgan fingerprint density at radius 1 is 0.958 bits per heavy atom. The Morgan fingerprint density at radius 2 is 1.58 bits per heavy atom. The molecule has 0 spiro atoms. The van der Waals surface area contributed by atoms with E-state index in [4.69, 9.17) is 4.42 Å². The lowest BCUT2D eigenvalue weighted by Gasteiger charge is -2.12. The number of hydrogen-bond acceptors (Lipinski definition) is 5. The molecule has 8 heteroatoms. The van der Waals surface area contributed by atoms with Gasteiger partial charge in [0.05, 0.1) is 0 Å². The van der Waals surface area contributed by atoms with Gasteiger partial charge in [0.2, 0.25) is 21.8 Å². The molecule has 0 amide bonds. The lowest BCUT2D eigenvalue weighted by atomic mass is 10.2. The molecular formula is C16H14FN3O3S. The van der Waals surface area contributed by atoms with Crippen molar-refractivity contribution in [3.63, 3.8) is 0 Å². The first-order chi connectivity index (χ1) is 11.4. The van der Waals surface area contributed by atoms with E-state index in [-0.39, 0.29) is 5.89 Å². The molecule has 0 aliphatic carbocycles. The number of sulfonamides is 1. The highest BCUT2D eigenvalue weighted by atomic mass is 32.2. The molecule has 2 aromatic carbocycles. The van der Waals surface area contributed by atoms with Crippen LogP contribution in [0.4, 0.5) is 4.39 Å². The van der Waals surface area contributed by atoms with E-state index in [0.717, 1.165) is 15.9 Å². The summed E-state index contributed by atoms with van der Waals surface area (Å²) in [6.45, 7) is 0. The number of halogens is 1. The highest BCUT2D eigenvalue weighted by Crippen LogP contribution is 2.27. The molecule has 0 radical (unpaired) electrons. The molecule has 0 unspecified atom stereocenters. The Labute approximate surface area is 138 Å². The molecule has 0 N–H and O–H groups in total. The van der Waals surface area contributed by atoms with Crippen molar-refractivity contribution in [1.29, 1.82) is 0 Å². The summed E-state index contributed by atoms with van der Waals surface area (Å²) in [6, 6.07) is 12.8. The summed E-state index contributed by atoms with van der Waals surface area (Å²) >= 11 is 0. The summed E-state index contributed by atoms with van der Waals surface area (Å²) in [5.74, 6) is -0.425. The van der Waals surface area contributed by atoms with Crippen LogP contribution in [0.25, 0.3) is 22.9 Å². The smallest absolute Gasteiger partial charge is 0.248 e. The minimum absolute atomic E-state index is 0.115. The van der Waals surface area contributed by atoms with Crippen molar-refractivity contribution in [2.24, 2.45) is 0 Å². The lowest BCUT2D eigenvalue weighted by molar-refractivity contribution is 0.508. The maximum absolute atomic E-state index is 13.9. The van der Waals surface area contributed by atoms with E-state index < -0.39 is 20.7 Å². The zero-order valence-electron chi connectivity index (χ0n) is 13.0. The Kier molecular flexibility index (Phi) is 4.16. The van der Waals surface area contributed by atoms with Crippen LogP contribution in [0, 0.1) is 5.82 Å². The summed E-state index contributed by atoms with van der Waals surface area (Å²) in [5.41, 5.74) is 1.06. The van der Waals surface area contributed by atoms with E-state index >= 15 is 0 Å². The molecule has 3 rings (SSSR count). The van der Waals surface area contributed by atoms with Crippen molar-refractivity contribution < 1.29 is 17.2 Å². The van der Waals surface area contributed by atoms with E-state index in [9.17, 15) is 12.8 Å². The van der Waals surface area contributed by atoms with Gasteiger partial charge < -0.3 is 4.42 Å². The molecule has 0 aliphatic heterocycles. The van der Waals surface area contributed by atoms with Gasteiger partial charge in [-0.15, -0.1) is 10.2 Å². The average molecular weight is 347 g/mol. The van der Waals surface area contributed by atoms with E-state index in [1.807, 2.05) is 30.3 Å². The van der Waals surface area contributed by atoms with Gasteiger partial charge in [0.15, 0.2) is 0 Å². The number of rotatable bonds is 4. The van der Waals surface area contributed by atoms with Gasteiger partial charge in [-0.25, -0.2) is 17.1 Å². The molecule has 1 aromatic heterocycles. The van der Waals surface area contributed by atoms with E-state index in [0.29, 0.717) is 11.5 Å². The normalized spacial score (nSPS) is 11.8. The molecule has 3 aromatic rings. The van der Waals surface area contributed by atoms with E-state index in [1.165, 1.54) is 26.2 Å². The Morgan fingerprint density at radius 3 is 2.21 bits per heavy atom. The Bertz CT molecular complexity index is 969. The fraction of sp³-hybridized carbons (Fsp3) is 0.125. The molecule has 0 saturated heterocycles. The molecule has 0 atom stereocenters. The Balaban J connectivity index is 2.04. The monoisotopic (exact) mass is 347 g/mol. The molecular weight excluding hydrogens is 333 g/mol. The first kappa shape index (κ1) is 16.3. The third-order valence-electron chi connectivity index (χ3n) is 3.38. The van der Waals surface area contributed by atoms with Crippen LogP contribution >= 0.6 is 0 Å². The maximum atomic E-state index is 13.9. The quantitative estimate of drug-likeness (QED) is 0.725. The van der Waals surface area contributed by atoms with Gasteiger partial charge in [-0.1, -0.05) is 18.2 Å². The first-order valence-electron chi connectivity index (χ1n) is 7.01. The van der Waals surface area contributed by atoms with Crippen molar-refractivity contribution >= 4 is 10.0 Å². The number of benzene rings is 2. The average Bonchev–Trinajstić information content (AvgIpc) is 3.06. The maximum Gasteiger partial charge on any atom is 0.248 e. The van der Waals surface area contributed by atoms with Crippen LogP contribution < -0.4 is 0 Å². The molecule has 0 saturated carbocycles. The standard InChI is InChI=1S/C16H14FN3O3S/c1-20(2)24(21,22)14-10-12(8-9-13(14)17)16-19-18-15(23-16)11-6-4-3-5-7-11/h3-10H,1-2H3. The van der Waals surface area contributed by atoms with Crippen LogP contribution in [0.1, 0.15) is 0 Å². The predicted molar refractivity (Wildman–Crippen MR) is 86.0 cm³/mol. The second-order valence-corrected chi connectivity index (χ2v) is 7.33. The lowest BCUT2D eigenvalue weighted by Crippen LogP contribution is -2.23. The van der Waals surface area contributed by atoms with Gasteiger partial charge in [-0.2, -0.15) is 0 Å². The number of aromatic nitrogens is 2. The second-order valence-electron chi connectivity index (χ2n) is 5.21. The van der Waals surface area contributed by atoms with Crippen LogP contribution in [0.5, 0.6) is 0 Å². The zero-order chi connectivity index (χ0) is 17.3. The van der Waals surface area contributed by atoms with Crippen LogP contribution in [-0.2, 0) is 10.0 Å². The minimum atomic E-state index is -3.91. The molecule has 0 bridgehead atoms. The zero-order valence-corrected chi connectivity index (χ0v) is 13.8. The van der Waals surface area contributed by atoms with Gasteiger partial charge in [0.25, 0.3) is 0 Å². The summed E-state index contributed by atoms with van der Waals surface area (Å²) in [7, 11) is -1.24. The fourth-order valence-electron chi connectivity index (χ4n) is 2.07. The SMILES string of the molecule is CN(C)S(=O)(=O)c1cc(-c2nnc(-c3ccccc3)o2)ccc1F. The van der Waals surface area contributed by atoms with Crippen LogP contribution in [0.2, 0.25) is 0 Å². The number of hydrogen-bond donors (Lipinski definition) is 0. The van der Waals surface area contributed by atoms with Gasteiger partial charge in [0, 0.05) is 25.2 Å². The minimum Gasteiger partial charge on any atom is -0.416 e. The van der Waals surface area contributed by atoms with Crippen molar-refractivity contribution in [2.45, 2.75) is 4.90 Å². The molecule has 24 heavy (non-hydrogen) atoms. The second kappa shape index (κ2) is 6.14. The van der Waals surface area contributed by atoms with E-state index in [1.54, 1.807) is 0 Å². The van der Waals surface area contributed by atoms with Gasteiger partial charge in [0.1, 0.15) is 10.7 Å². The highest BCUT2D eigenvalue weighted by Gasteiger charge is 2.23. The van der Waals surface area contributed by atoms with Crippen molar-refractivity contribution in [1.82, 2.24) is 14.5 Å². The third-order valence-corrected chi connectivity index (χ3v) is 5.21. The summed E-state index contributed by atoms with van der Waals surface area (Å²) in [5, 5.41) is 7.85. The van der Waals surface area contributed by atoms with E-state index in [2.05, 4.69) is 10.2 Å². The van der Waals surface area contributed by atoms with Crippen LogP contribution in [0.3, 0.4) is 0 Å². The van der Waals surface area contributed by atoms with Crippen LogP contribution in [-0.4, -0.2) is 37.0 Å². The summed E-state index contributed by atoms with van der Waals surface area (Å²) in [4.78, 5) is -0.440. The topological polar surface area (TPSA) is 76.3 Å².